The second-order valence-electron chi connectivity index (χ2n) is 6.21. The summed E-state index contributed by atoms with van der Waals surface area (Å²) < 4.78 is 11.0. The highest BCUT2D eigenvalue weighted by molar-refractivity contribution is 5.75. The number of carbonyl (C=O) groups excluding carboxylic acids is 1. The van der Waals surface area contributed by atoms with Gasteiger partial charge in [-0.1, -0.05) is 0 Å². The maximum absolute atomic E-state index is 11.8. The van der Waals surface area contributed by atoms with Gasteiger partial charge in [0, 0.05) is 13.0 Å². The predicted molar refractivity (Wildman–Crippen MR) is 95.6 cm³/mol. The summed E-state index contributed by atoms with van der Waals surface area (Å²) in [6, 6.07) is 7.57. The minimum atomic E-state index is 0.120. The molecule has 1 aromatic carbocycles. The third-order valence-corrected chi connectivity index (χ3v) is 4.23. The van der Waals surface area contributed by atoms with Gasteiger partial charge in [0.15, 0.2) is 0 Å². The monoisotopic (exact) mass is 334 g/mol. The van der Waals surface area contributed by atoms with Crippen LogP contribution in [0.2, 0.25) is 0 Å². The molecule has 0 bridgehead atoms. The standard InChI is InChI=1S/C19H30N2O3/c1-2-23-17-7-9-18(10-8-17)24-14-4-6-19(22)21-13-11-16-5-3-12-20-15-16/h7-10,16,20H,2-6,11-15H2,1H3,(H,21,22). The summed E-state index contributed by atoms with van der Waals surface area (Å²) in [5, 5.41) is 6.42. The first-order chi connectivity index (χ1) is 11.8. The fourth-order valence-corrected chi connectivity index (χ4v) is 2.90. The number of nitrogens with one attached hydrogen (secondary N) is 2. The van der Waals surface area contributed by atoms with Crippen LogP contribution in [0.5, 0.6) is 11.5 Å². The summed E-state index contributed by atoms with van der Waals surface area (Å²) in [5.74, 6) is 2.48. The molecule has 5 nitrogen and oxygen atoms in total. The molecule has 5 heteroatoms. The highest BCUT2D eigenvalue weighted by Crippen LogP contribution is 2.17. The first-order valence-electron chi connectivity index (χ1n) is 9.11. The van der Waals surface area contributed by atoms with Crippen molar-refractivity contribution in [2.24, 2.45) is 5.92 Å². The highest BCUT2D eigenvalue weighted by atomic mass is 16.5. The van der Waals surface area contributed by atoms with Crippen LogP contribution in [-0.2, 0) is 4.79 Å². The van der Waals surface area contributed by atoms with E-state index in [1.807, 2.05) is 31.2 Å². The molecule has 1 atom stereocenters. The topological polar surface area (TPSA) is 59.6 Å². The minimum Gasteiger partial charge on any atom is -0.494 e. The molecule has 1 aliphatic heterocycles. The van der Waals surface area contributed by atoms with E-state index in [1.54, 1.807) is 0 Å². The lowest BCUT2D eigenvalue weighted by atomic mass is 9.96. The van der Waals surface area contributed by atoms with Gasteiger partial charge in [-0.2, -0.15) is 0 Å². The van der Waals surface area contributed by atoms with Crippen molar-refractivity contribution in [3.8, 4) is 11.5 Å². The second-order valence-corrected chi connectivity index (χ2v) is 6.21. The van der Waals surface area contributed by atoms with E-state index in [1.165, 1.54) is 12.8 Å². The van der Waals surface area contributed by atoms with Crippen molar-refractivity contribution in [1.82, 2.24) is 10.6 Å². The van der Waals surface area contributed by atoms with E-state index in [0.29, 0.717) is 25.6 Å². The van der Waals surface area contributed by atoms with Gasteiger partial charge in [0.25, 0.3) is 0 Å². The Morgan fingerprint density at radius 2 is 2.00 bits per heavy atom. The van der Waals surface area contributed by atoms with E-state index in [0.717, 1.165) is 44.0 Å². The predicted octanol–water partition coefficient (Wildman–Crippen LogP) is 2.75. The zero-order chi connectivity index (χ0) is 17.0. The average molecular weight is 334 g/mol. The number of amides is 1. The molecule has 0 spiro atoms. The molecule has 0 aromatic heterocycles. The van der Waals surface area contributed by atoms with Crippen molar-refractivity contribution in [2.45, 2.75) is 39.0 Å². The Bertz CT molecular complexity index is 470. The quantitative estimate of drug-likeness (QED) is 0.646. The van der Waals surface area contributed by atoms with Crippen molar-refractivity contribution in [3.63, 3.8) is 0 Å². The first-order valence-corrected chi connectivity index (χ1v) is 9.11. The molecule has 2 N–H and O–H groups in total. The number of rotatable bonds is 10. The smallest absolute Gasteiger partial charge is 0.220 e. The Balaban J connectivity index is 1.50. The zero-order valence-electron chi connectivity index (χ0n) is 14.7. The Hall–Kier alpha value is -1.75. The van der Waals surface area contributed by atoms with Crippen LogP contribution in [-0.4, -0.2) is 38.8 Å². The van der Waals surface area contributed by atoms with Gasteiger partial charge in [-0.15, -0.1) is 0 Å². The molecule has 0 radical (unpaired) electrons. The molecule has 1 fully saturated rings. The van der Waals surface area contributed by atoms with E-state index in [9.17, 15) is 4.79 Å². The molecule has 1 heterocycles. The van der Waals surface area contributed by atoms with Gasteiger partial charge >= 0.3 is 0 Å². The summed E-state index contributed by atoms with van der Waals surface area (Å²) >= 11 is 0. The third kappa shape index (κ3) is 7.21. The summed E-state index contributed by atoms with van der Waals surface area (Å²) in [5.41, 5.74) is 0. The van der Waals surface area contributed by atoms with Crippen LogP contribution in [0.15, 0.2) is 24.3 Å². The van der Waals surface area contributed by atoms with E-state index >= 15 is 0 Å². The molecule has 134 valence electrons. The first kappa shape index (κ1) is 18.6. The van der Waals surface area contributed by atoms with Crippen LogP contribution in [0.3, 0.4) is 0 Å². The van der Waals surface area contributed by atoms with Gasteiger partial charge in [-0.05, 0) is 75.9 Å². The van der Waals surface area contributed by atoms with Gasteiger partial charge in [0.05, 0.1) is 13.2 Å². The molecule has 0 saturated carbocycles. The number of hydrogen-bond acceptors (Lipinski definition) is 4. The molecule has 24 heavy (non-hydrogen) atoms. The molecular weight excluding hydrogens is 304 g/mol. The number of ether oxygens (including phenoxy) is 2. The van der Waals surface area contributed by atoms with Crippen LogP contribution >= 0.6 is 0 Å². The number of hydrogen-bond donors (Lipinski definition) is 2. The fourth-order valence-electron chi connectivity index (χ4n) is 2.90. The van der Waals surface area contributed by atoms with Gasteiger partial charge in [0.1, 0.15) is 11.5 Å². The maximum Gasteiger partial charge on any atom is 0.220 e. The lowest BCUT2D eigenvalue weighted by molar-refractivity contribution is -0.121. The van der Waals surface area contributed by atoms with Crippen molar-refractivity contribution in [3.05, 3.63) is 24.3 Å². The van der Waals surface area contributed by atoms with Crippen LogP contribution < -0.4 is 20.1 Å². The number of carbonyl (C=O) groups is 1. The van der Waals surface area contributed by atoms with Crippen LogP contribution in [0.25, 0.3) is 0 Å². The molecule has 1 amide bonds. The molecule has 2 rings (SSSR count). The lowest BCUT2D eigenvalue weighted by Crippen LogP contribution is -2.33. The van der Waals surface area contributed by atoms with Crippen LogP contribution in [0, 0.1) is 5.92 Å². The van der Waals surface area contributed by atoms with Crippen LogP contribution in [0.4, 0.5) is 0 Å². The van der Waals surface area contributed by atoms with Crippen molar-refractivity contribution in [2.75, 3.05) is 32.8 Å². The Morgan fingerprint density at radius 1 is 1.25 bits per heavy atom. The van der Waals surface area contributed by atoms with E-state index in [4.69, 9.17) is 9.47 Å². The molecule has 1 unspecified atom stereocenters. The third-order valence-electron chi connectivity index (χ3n) is 4.23. The van der Waals surface area contributed by atoms with Crippen molar-refractivity contribution < 1.29 is 14.3 Å². The Labute approximate surface area is 145 Å². The minimum absolute atomic E-state index is 0.120. The van der Waals surface area contributed by atoms with Crippen molar-refractivity contribution in [1.29, 1.82) is 0 Å². The maximum atomic E-state index is 11.8. The van der Waals surface area contributed by atoms with Gasteiger partial charge in [-0.3, -0.25) is 4.79 Å². The molecule has 1 aliphatic rings. The molecule has 0 aliphatic carbocycles. The lowest BCUT2D eigenvalue weighted by Gasteiger charge is -2.22. The molecular formula is C19H30N2O3. The van der Waals surface area contributed by atoms with Crippen molar-refractivity contribution >= 4 is 5.91 Å². The van der Waals surface area contributed by atoms with Crippen LogP contribution in [0.1, 0.15) is 39.0 Å². The van der Waals surface area contributed by atoms with Gasteiger partial charge < -0.3 is 20.1 Å². The normalized spacial score (nSPS) is 17.3. The molecule has 1 saturated heterocycles. The average Bonchev–Trinajstić information content (AvgIpc) is 2.61. The second kappa shape index (κ2) is 10.9. The number of benzene rings is 1. The van der Waals surface area contributed by atoms with Gasteiger partial charge in [-0.25, -0.2) is 0 Å². The Morgan fingerprint density at radius 3 is 2.67 bits per heavy atom. The summed E-state index contributed by atoms with van der Waals surface area (Å²) in [4.78, 5) is 11.8. The highest BCUT2D eigenvalue weighted by Gasteiger charge is 2.12. The van der Waals surface area contributed by atoms with Gasteiger partial charge in [0.2, 0.25) is 5.91 Å². The summed E-state index contributed by atoms with van der Waals surface area (Å²) in [6.07, 6.45) is 4.84. The van der Waals surface area contributed by atoms with E-state index in [-0.39, 0.29) is 5.91 Å². The Kier molecular flexibility index (Phi) is 8.46. The zero-order valence-corrected chi connectivity index (χ0v) is 14.7. The molecule has 1 aromatic rings. The SMILES string of the molecule is CCOc1ccc(OCCCC(=O)NCCC2CCCNC2)cc1. The number of piperidine rings is 1. The summed E-state index contributed by atoms with van der Waals surface area (Å²) in [6.45, 7) is 6.18. The van der Waals surface area contributed by atoms with E-state index < -0.39 is 0 Å². The largest absolute Gasteiger partial charge is 0.494 e. The summed E-state index contributed by atoms with van der Waals surface area (Å²) in [7, 11) is 0. The fraction of sp³-hybridized carbons (Fsp3) is 0.632. The van der Waals surface area contributed by atoms with E-state index in [2.05, 4.69) is 10.6 Å².